The lowest BCUT2D eigenvalue weighted by Crippen LogP contribution is -1.99. The molecule has 1 unspecified atom stereocenters. The average molecular weight is 259 g/mol. The van der Waals surface area contributed by atoms with Crippen LogP contribution in [0.25, 0.3) is 0 Å². The van der Waals surface area contributed by atoms with Crippen molar-refractivity contribution in [1.82, 2.24) is 4.98 Å². The fourth-order valence-corrected chi connectivity index (χ4v) is 1.77. The van der Waals surface area contributed by atoms with E-state index in [0.29, 0.717) is 22.9 Å². The van der Waals surface area contributed by atoms with E-state index in [4.69, 9.17) is 9.47 Å². The van der Waals surface area contributed by atoms with Gasteiger partial charge in [-0.15, -0.1) is 0 Å². The zero-order valence-corrected chi connectivity index (χ0v) is 11.3. The minimum Gasteiger partial charge on any atom is -0.493 e. The van der Waals surface area contributed by atoms with Gasteiger partial charge >= 0.3 is 0 Å². The Labute approximate surface area is 112 Å². The average Bonchev–Trinajstić information content (AvgIpc) is 2.41. The second-order valence-corrected chi connectivity index (χ2v) is 4.33. The van der Waals surface area contributed by atoms with Crippen molar-refractivity contribution in [1.29, 1.82) is 0 Å². The van der Waals surface area contributed by atoms with Gasteiger partial charge in [-0.05, 0) is 43.7 Å². The van der Waals surface area contributed by atoms with Crippen LogP contribution in [0.15, 0.2) is 36.5 Å². The first kappa shape index (κ1) is 13.4. The molecule has 19 heavy (non-hydrogen) atoms. The molecule has 0 fully saturated rings. The lowest BCUT2D eigenvalue weighted by molar-refractivity contribution is 0.194. The van der Waals surface area contributed by atoms with Gasteiger partial charge in [-0.3, -0.25) is 0 Å². The van der Waals surface area contributed by atoms with E-state index >= 15 is 0 Å². The van der Waals surface area contributed by atoms with Gasteiger partial charge in [0.25, 0.3) is 0 Å². The maximum atomic E-state index is 9.70. The Morgan fingerprint density at radius 3 is 2.68 bits per heavy atom. The van der Waals surface area contributed by atoms with Crippen molar-refractivity contribution in [2.75, 3.05) is 7.11 Å². The highest BCUT2D eigenvalue weighted by Crippen LogP contribution is 2.34. The number of rotatable bonds is 4. The van der Waals surface area contributed by atoms with Crippen LogP contribution in [0.4, 0.5) is 0 Å². The van der Waals surface area contributed by atoms with Crippen molar-refractivity contribution in [3.8, 4) is 17.4 Å². The van der Waals surface area contributed by atoms with Gasteiger partial charge in [-0.1, -0.05) is 6.07 Å². The molecule has 100 valence electrons. The van der Waals surface area contributed by atoms with Gasteiger partial charge in [-0.2, -0.15) is 0 Å². The van der Waals surface area contributed by atoms with Crippen LogP contribution in [-0.2, 0) is 0 Å². The molecule has 0 saturated heterocycles. The van der Waals surface area contributed by atoms with Crippen molar-refractivity contribution in [2.24, 2.45) is 0 Å². The summed E-state index contributed by atoms with van der Waals surface area (Å²) in [5, 5.41) is 9.70. The smallest absolute Gasteiger partial charge is 0.225 e. The zero-order chi connectivity index (χ0) is 13.8. The van der Waals surface area contributed by atoms with Crippen molar-refractivity contribution in [2.45, 2.75) is 20.0 Å². The molecule has 1 aromatic carbocycles. The van der Waals surface area contributed by atoms with Gasteiger partial charge in [0.05, 0.1) is 13.2 Å². The zero-order valence-electron chi connectivity index (χ0n) is 11.3. The second kappa shape index (κ2) is 5.71. The molecule has 2 aromatic rings. The molecular weight excluding hydrogens is 242 g/mol. The lowest BCUT2D eigenvalue weighted by atomic mass is 10.2. The van der Waals surface area contributed by atoms with Crippen LogP contribution in [0.1, 0.15) is 24.2 Å². The van der Waals surface area contributed by atoms with E-state index in [1.807, 2.05) is 25.1 Å². The molecule has 0 radical (unpaired) electrons. The molecule has 0 aliphatic carbocycles. The van der Waals surface area contributed by atoms with Crippen LogP contribution in [0.2, 0.25) is 0 Å². The van der Waals surface area contributed by atoms with E-state index in [-0.39, 0.29) is 0 Å². The number of nitrogens with zero attached hydrogens (tertiary/aromatic N) is 1. The van der Waals surface area contributed by atoms with Gasteiger partial charge < -0.3 is 14.6 Å². The Kier molecular flexibility index (Phi) is 4.02. The lowest BCUT2D eigenvalue weighted by Gasteiger charge is -2.14. The summed E-state index contributed by atoms with van der Waals surface area (Å²) in [6, 6.07) is 9.20. The van der Waals surface area contributed by atoms with Gasteiger partial charge in [0, 0.05) is 11.8 Å². The number of aliphatic hydroxyl groups excluding tert-OH is 1. The van der Waals surface area contributed by atoms with E-state index in [9.17, 15) is 5.11 Å². The number of aliphatic hydroxyl groups is 1. The molecule has 0 bridgehead atoms. The van der Waals surface area contributed by atoms with Crippen molar-refractivity contribution >= 4 is 0 Å². The van der Waals surface area contributed by atoms with Crippen LogP contribution in [0, 0.1) is 6.92 Å². The Balaban J connectivity index is 2.36. The largest absolute Gasteiger partial charge is 0.493 e. The standard InChI is InChI=1S/C15H17NO3/c1-10-6-7-13(14(9-10)18-3)19-15-12(11(2)17)5-4-8-16-15/h4-9,11,17H,1-3H3. The van der Waals surface area contributed by atoms with Crippen LogP contribution < -0.4 is 9.47 Å². The number of hydrogen-bond donors (Lipinski definition) is 1. The number of aromatic nitrogens is 1. The number of ether oxygens (including phenoxy) is 2. The van der Waals surface area contributed by atoms with Gasteiger partial charge in [-0.25, -0.2) is 4.98 Å². The van der Waals surface area contributed by atoms with Gasteiger partial charge in [0.15, 0.2) is 11.5 Å². The summed E-state index contributed by atoms with van der Waals surface area (Å²) in [7, 11) is 1.59. The highest BCUT2D eigenvalue weighted by molar-refractivity contribution is 5.45. The van der Waals surface area contributed by atoms with Crippen molar-refractivity contribution in [3.63, 3.8) is 0 Å². The number of benzene rings is 1. The molecule has 1 aromatic heterocycles. The molecule has 1 N–H and O–H groups in total. The van der Waals surface area contributed by atoms with E-state index < -0.39 is 6.10 Å². The van der Waals surface area contributed by atoms with Crippen LogP contribution in [0.3, 0.4) is 0 Å². The molecule has 0 spiro atoms. The maximum absolute atomic E-state index is 9.70. The Hall–Kier alpha value is -2.07. The highest BCUT2D eigenvalue weighted by Gasteiger charge is 2.13. The first-order chi connectivity index (χ1) is 9.11. The molecule has 0 amide bonds. The summed E-state index contributed by atoms with van der Waals surface area (Å²) in [6.45, 7) is 3.66. The summed E-state index contributed by atoms with van der Waals surface area (Å²) in [5.74, 6) is 1.61. The quantitative estimate of drug-likeness (QED) is 0.915. The number of hydrogen-bond acceptors (Lipinski definition) is 4. The minimum absolute atomic E-state index is 0.389. The SMILES string of the molecule is COc1cc(C)ccc1Oc1ncccc1C(C)O. The predicted octanol–water partition coefficient (Wildman–Crippen LogP) is 3.24. The third-order valence-corrected chi connectivity index (χ3v) is 2.78. The topological polar surface area (TPSA) is 51.6 Å². The van der Waals surface area contributed by atoms with Gasteiger partial charge in [0.2, 0.25) is 5.88 Å². The Morgan fingerprint density at radius 2 is 2.00 bits per heavy atom. The summed E-state index contributed by atoms with van der Waals surface area (Å²) in [5.41, 5.74) is 1.73. The molecule has 2 rings (SSSR count). The molecular formula is C15H17NO3. The third kappa shape index (κ3) is 3.03. The summed E-state index contributed by atoms with van der Waals surface area (Å²) < 4.78 is 11.0. The Morgan fingerprint density at radius 1 is 1.21 bits per heavy atom. The predicted molar refractivity (Wildman–Crippen MR) is 72.7 cm³/mol. The fourth-order valence-electron chi connectivity index (χ4n) is 1.77. The molecule has 1 atom stereocenters. The number of methoxy groups -OCH3 is 1. The summed E-state index contributed by atoms with van der Waals surface area (Å²) in [6.07, 6.45) is 0.988. The molecule has 1 heterocycles. The van der Waals surface area contributed by atoms with Crippen molar-refractivity contribution < 1.29 is 14.6 Å². The molecule has 0 aliphatic rings. The molecule has 4 nitrogen and oxygen atoms in total. The van der Waals surface area contributed by atoms with E-state index in [1.54, 1.807) is 32.4 Å². The second-order valence-electron chi connectivity index (χ2n) is 4.33. The maximum Gasteiger partial charge on any atom is 0.225 e. The van der Waals surface area contributed by atoms with Crippen LogP contribution in [0.5, 0.6) is 17.4 Å². The van der Waals surface area contributed by atoms with Crippen LogP contribution >= 0.6 is 0 Å². The van der Waals surface area contributed by atoms with Crippen molar-refractivity contribution in [3.05, 3.63) is 47.7 Å². The monoisotopic (exact) mass is 259 g/mol. The first-order valence-electron chi connectivity index (χ1n) is 6.07. The minimum atomic E-state index is -0.639. The first-order valence-corrected chi connectivity index (χ1v) is 6.07. The summed E-state index contributed by atoms with van der Waals surface area (Å²) >= 11 is 0. The summed E-state index contributed by atoms with van der Waals surface area (Å²) in [4.78, 5) is 4.16. The normalized spacial score (nSPS) is 12.0. The van der Waals surface area contributed by atoms with Gasteiger partial charge in [0.1, 0.15) is 0 Å². The Bertz CT molecular complexity index is 567. The number of aryl methyl sites for hydroxylation is 1. The molecule has 0 saturated carbocycles. The fraction of sp³-hybridized carbons (Fsp3) is 0.267. The number of pyridine rings is 1. The highest BCUT2D eigenvalue weighted by atomic mass is 16.5. The molecule has 4 heteroatoms. The van der Waals surface area contributed by atoms with Crippen LogP contribution in [-0.4, -0.2) is 17.2 Å². The van der Waals surface area contributed by atoms with E-state index in [2.05, 4.69) is 4.98 Å². The van der Waals surface area contributed by atoms with E-state index in [0.717, 1.165) is 5.56 Å². The third-order valence-electron chi connectivity index (χ3n) is 2.78. The van der Waals surface area contributed by atoms with E-state index in [1.165, 1.54) is 0 Å². The molecule has 0 aliphatic heterocycles.